The van der Waals surface area contributed by atoms with Crippen molar-refractivity contribution in [1.82, 2.24) is 4.98 Å². The minimum Gasteiger partial charge on any atom is -0.354 e. The number of H-pyrrole nitrogens is 1. The van der Waals surface area contributed by atoms with Crippen LogP contribution in [0.1, 0.15) is 5.56 Å². The smallest absolute Gasteiger partial charge is 0.190 e. The summed E-state index contributed by atoms with van der Waals surface area (Å²) in [4.78, 5) is 15.3. The summed E-state index contributed by atoms with van der Waals surface area (Å²) in [5.41, 5.74) is 3.03. The Hall–Kier alpha value is -2.42. The molecule has 0 aliphatic heterocycles. The molecule has 0 aliphatic carbocycles. The van der Waals surface area contributed by atoms with Gasteiger partial charge in [-0.05, 0) is 31.2 Å². The van der Waals surface area contributed by atoms with Gasteiger partial charge in [-0.15, -0.1) is 0 Å². The molecule has 0 amide bonds. The number of nitrogens with one attached hydrogen (secondary N) is 1. The second-order valence-electron chi connectivity index (χ2n) is 4.61. The van der Waals surface area contributed by atoms with E-state index in [4.69, 9.17) is 0 Å². The standard InChI is InChI=1S/C16H12FNO/c1-10-5-6-14-13(7-10)16(19)9-15(18-14)11-3-2-4-12(17)8-11/h2-9H,1H3,(H,18,19). The number of benzene rings is 2. The van der Waals surface area contributed by atoms with E-state index in [-0.39, 0.29) is 11.2 Å². The Balaban J connectivity index is 2.27. The van der Waals surface area contributed by atoms with E-state index in [1.54, 1.807) is 12.1 Å². The summed E-state index contributed by atoms with van der Waals surface area (Å²) in [5, 5.41) is 0.653. The first kappa shape index (κ1) is 11.7. The minimum absolute atomic E-state index is 0.0586. The van der Waals surface area contributed by atoms with Gasteiger partial charge in [0.15, 0.2) is 5.43 Å². The van der Waals surface area contributed by atoms with Gasteiger partial charge in [0.05, 0.1) is 0 Å². The normalized spacial score (nSPS) is 10.8. The maximum atomic E-state index is 13.2. The lowest BCUT2D eigenvalue weighted by atomic mass is 10.1. The number of rotatable bonds is 1. The molecule has 0 radical (unpaired) electrons. The molecule has 0 fully saturated rings. The third kappa shape index (κ3) is 2.15. The maximum absolute atomic E-state index is 13.2. The first-order valence-corrected chi connectivity index (χ1v) is 6.03. The number of hydrogen-bond donors (Lipinski definition) is 1. The van der Waals surface area contributed by atoms with Gasteiger partial charge >= 0.3 is 0 Å². The Bertz CT molecular complexity index is 820. The highest BCUT2D eigenvalue weighted by molar-refractivity contribution is 5.82. The minimum atomic E-state index is -0.317. The molecule has 3 heteroatoms. The molecule has 1 N–H and O–H groups in total. The molecule has 3 aromatic rings. The van der Waals surface area contributed by atoms with Crippen LogP contribution < -0.4 is 5.43 Å². The Morgan fingerprint density at radius 2 is 1.89 bits per heavy atom. The molecule has 1 aromatic heterocycles. The zero-order valence-corrected chi connectivity index (χ0v) is 10.4. The molecule has 0 unspecified atom stereocenters. The molecule has 0 spiro atoms. The summed E-state index contributed by atoms with van der Waals surface area (Å²) >= 11 is 0. The highest BCUT2D eigenvalue weighted by Gasteiger charge is 2.05. The van der Waals surface area contributed by atoms with Gasteiger partial charge in [0, 0.05) is 28.2 Å². The number of halogens is 1. The first-order chi connectivity index (χ1) is 9.13. The number of hydrogen-bond acceptors (Lipinski definition) is 1. The van der Waals surface area contributed by atoms with E-state index in [0.29, 0.717) is 16.6 Å². The van der Waals surface area contributed by atoms with Gasteiger partial charge in [0.1, 0.15) is 5.82 Å². The zero-order chi connectivity index (χ0) is 13.4. The second-order valence-corrected chi connectivity index (χ2v) is 4.61. The SMILES string of the molecule is Cc1ccc2[nH]c(-c3cccc(F)c3)cc(=O)c2c1. The molecule has 1 heterocycles. The molecule has 0 saturated carbocycles. The molecule has 2 aromatic carbocycles. The van der Waals surface area contributed by atoms with Crippen LogP contribution in [0.5, 0.6) is 0 Å². The summed E-state index contributed by atoms with van der Waals surface area (Å²) in [6.07, 6.45) is 0. The van der Waals surface area contributed by atoms with Crippen LogP contribution in [0.15, 0.2) is 53.3 Å². The summed E-state index contributed by atoms with van der Waals surface area (Å²) in [7, 11) is 0. The summed E-state index contributed by atoms with van der Waals surface area (Å²) in [6, 6.07) is 13.4. The molecule has 94 valence electrons. The van der Waals surface area contributed by atoms with Crippen molar-refractivity contribution >= 4 is 10.9 Å². The lowest BCUT2D eigenvalue weighted by Crippen LogP contribution is -2.03. The zero-order valence-electron chi connectivity index (χ0n) is 10.4. The van der Waals surface area contributed by atoms with E-state index in [2.05, 4.69) is 4.98 Å². The third-order valence-corrected chi connectivity index (χ3v) is 3.12. The van der Waals surface area contributed by atoms with Crippen molar-refractivity contribution in [2.24, 2.45) is 0 Å². The molecule has 0 aliphatic rings. The van der Waals surface area contributed by atoms with Crippen LogP contribution in [-0.4, -0.2) is 4.98 Å². The Morgan fingerprint density at radius 1 is 1.05 bits per heavy atom. The highest BCUT2D eigenvalue weighted by atomic mass is 19.1. The lowest BCUT2D eigenvalue weighted by molar-refractivity contribution is 0.628. The third-order valence-electron chi connectivity index (χ3n) is 3.12. The highest BCUT2D eigenvalue weighted by Crippen LogP contribution is 2.19. The van der Waals surface area contributed by atoms with Crippen LogP contribution in [0.2, 0.25) is 0 Å². The Kier molecular flexibility index (Phi) is 2.67. The van der Waals surface area contributed by atoms with Gasteiger partial charge < -0.3 is 4.98 Å². The van der Waals surface area contributed by atoms with Crippen LogP contribution in [0.4, 0.5) is 4.39 Å². The fourth-order valence-corrected chi connectivity index (χ4v) is 2.17. The van der Waals surface area contributed by atoms with Crippen LogP contribution in [0.25, 0.3) is 22.2 Å². The average molecular weight is 253 g/mol. The molecule has 0 saturated heterocycles. The van der Waals surface area contributed by atoms with Crippen LogP contribution >= 0.6 is 0 Å². The summed E-state index contributed by atoms with van der Waals surface area (Å²) in [5.74, 6) is -0.317. The van der Waals surface area contributed by atoms with Gasteiger partial charge in [-0.2, -0.15) is 0 Å². The van der Waals surface area contributed by atoms with Crippen molar-refractivity contribution in [3.63, 3.8) is 0 Å². The van der Waals surface area contributed by atoms with Gasteiger partial charge in [-0.25, -0.2) is 4.39 Å². The van der Waals surface area contributed by atoms with E-state index in [0.717, 1.165) is 11.1 Å². The predicted molar refractivity (Wildman–Crippen MR) is 74.7 cm³/mol. The molecule has 2 nitrogen and oxygen atoms in total. The van der Waals surface area contributed by atoms with Gasteiger partial charge in [0.25, 0.3) is 0 Å². The van der Waals surface area contributed by atoms with E-state index in [9.17, 15) is 9.18 Å². The largest absolute Gasteiger partial charge is 0.354 e. The number of aromatic amines is 1. The lowest BCUT2D eigenvalue weighted by Gasteiger charge is -2.05. The van der Waals surface area contributed by atoms with E-state index < -0.39 is 0 Å². The number of aromatic nitrogens is 1. The Labute approximate surface area is 109 Å². The molecular formula is C16H12FNO. The van der Waals surface area contributed by atoms with Crippen LogP contribution in [0.3, 0.4) is 0 Å². The van der Waals surface area contributed by atoms with Crippen LogP contribution in [-0.2, 0) is 0 Å². The van der Waals surface area contributed by atoms with Crippen molar-refractivity contribution in [2.45, 2.75) is 6.92 Å². The quantitative estimate of drug-likeness (QED) is 0.705. The average Bonchev–Trinajstić information content (AvgIpc) is 2.39. The van der Waals surface area contributed by atoms with Crippen molar-refractivity contribution in [1.29, 1.82) is 0 Å². The molecule has 0 atom stereocenters. The van der Waals surface area contributed by atoms with Crippen molar-refractivity contribution in [3.05, 3.63) is 70.1 Å². The van der Waals surface area contributed by atoms with Gasteiger partial charge in [-0.1, -0.05) is 23.8 Å². The van der Waals surface area contributed by atoms with Crippen molar-refractivity contribution in [2.75, 3.05) is 0 Å². The second kappa shape index (κ2) is 4.35. The monoisotopic (exact) mass is 253 g/mol. The molecule has 19 heavy (non-hydrogen) atoms. The molecule has 3 rings (SSSR count). The summed E-state index contributed by atoms with van der Waals surface area (Å²) < 4.78 is 13.2. The number of pyridine rings is 1. The molecular weight excluding hydrogens is 241 g/mol. The van der Waals surface area contributed by atoms with Crippen LogP contribution in [0, 0.1) is 12.7 Å². The van der Waals surface area contributed by atoms with Gasteiger partial charge in [-0.3, -0.25) is 4.79 Å². The maximum Gasteiger partial charge on any atom is 0.190 e. The fraction of sp³-hybridized carbons (Fsp3) is 0.0625. The predicted octanol–water partition coefficient (Wildman–Crippen LogP) is 3.64. The fourth-order valence-electron chi connectivity index (χ4n) is 2.17. The summed E-state index contributed by atoms with van der Waals surface area (Å²) in [6.45, 7) is 1.94. The van der Waals surface area contributed by atoms with E-state index >= 15 is 0 Å². The van der Waals surface area contributed by atoms with E-state index in [1.807, 2.05) is 25.1 Å². The number of fused-ring (bicyclic) bond motifs is 1. The van der Waals surface area contributed by atoms with E-state index in [1.165, 1.54) is 18.2 Å². The molecule has 0 bridgehead atoms. The Morgan fingerprint density at radius 3 is 2.68 bits per heavy atom. The first-order valence-electron chi connectivity index (χ1n) is 6.03. The topological polar surface area (TPSA) is 32.9 Å². The van der Waals surface area contributed by atoms with Crippen molar-refractivity contribution < 1.29 is 4.39 Å². The number of aryl methyl sites for hydroxylation is 1. The van der Waals surface area contributed by atoms with Gasteiger partial charge in [0.2, 0.25) is 0 Å². The van der Waals surface area contributed by atoms with Crippen molar-refractivity contribution in [3.8, 4) is 11.3 Å².